The molecule has 4 aromatic rings. The molecular weight excluding hydrogens is 379 g/mol. The lowest BCUT2D eigenvalue weighted by Crippen LogP contribution is -2.08. The van der Waals surface area contributed by atoms with E-state index in [1.807, 2.05) is 19.9 Å². The van der Waals surface area contributed by atoms with Gasteiger partial charge in [-0.2, -0.15) is 5.10 Å². The standard InChI is InChI=1S/C21H17FN2O3S/c1-3-26-17-6-4-5-7-18(17)27-21(25)19-12-16-13(2)23-24(20(16)28-19)15-10-8-14(22)9-11-15/h4-12H,3H2,1-2H3. The van der Waals surface area contributed by atoms with Crippen LogP contribution in [-0.4, -0.2) is 22.4 Å². The Morgan fingerprint density at radius 2 is 1.86 bits per heavy atom. The summed E-state index contributed by atoms with van der Waals surface area (Å²) in [7, 11) is 0. The van der Waals surface area contributed by atoms with Gasteiger partial charge in [0.25, 0.3) is 0 Å². The predicted octanol–water partition coefficient (Wildman–Crippen LogP) is 5.15. The van der Waals surface area contributed by atoms with E-state index in [1.54, 1.807) is 41.1 Å². The lowest BCUT2D eigenvalue weighted by molar-refractivity contribution is 0.0733. The van der Waals surface area contributed by atoms with Crippen molar-refractivity contribution in [3.8, 4) is 17.2 Å². The predicted molar refractivity (Wildman–Crippen MR) is 106 cm³/mol. The van der Waals surface area contributed by atoms with Gasteiger partial charge in [-0.05, 0) is 56.3 Å². The Bertz CT molecular complexity index is 1150. The monoisotopic (exact) mass is 396 g/mol. The Hall–Kier alpha value is -3.19. The maximum atomic E-state index is 13.2. The van der Waals surface area contributed by atoms with E-state index < -0.39 is 5.97 Å². The molecule has 4 rings (SSSR count). The summed E-state index contributed by atoms with van der Waals surface area (Å²) in [6, 6.07) is 14.9. The van der Waals surface area contributed by atoms with Gasteiger partial charge in [-0.3, -0.25) is 0 Å². The molecule has 7 heteroatoms. The zero-order valence-electron chi connectivity index (χ0n) is 15.3. The van der Waals surface area contributed by atoms with Crippen molar-refractivity contribution in [3.63, 3.8) is 0 Å². The summed E-state index contributed by atoms with van der Waals surface area (Å²) in [5.41, 5.74) is 1.51. The Morgan fingerprint density at radius 1 is 1.14 bits per heavy atom. The number of rotatable bonds is 5. The van der Waals surface area contributed by atoms with Crippen LogP contribution in [0.1, 0.15) is 22.3 Å². The minimum absolute atomic E-state index is 0.313. The highest BCUT2D eigenvalue weighted by molar-refractivity contribution is 7.20. The lowest BCUT2D eigenvalue weighted by atomic mass is 10.3. The summed E-state index contributed by atoms with van der Waals surface area (Å²) < 4.78 is 26.0. The highest BCUT2D eigenvalue weighted by Crippen LogP contribution is 2.32. The highest BCUT2D eigenvalue weighted by atomic mass is 32.1. The second-order valence-corrected chi connectivity index (χ2v) is 7.10. The fourth-order valence-corrected chi connectivity index (χ4v) is 3.92. The third kappa shape index (κ3) is 3.36. The van der Waals surface area contributed by atoms with E-state index in [0.717, 1.165) is 21.6 Å². The van der Waals surface area contributed by atoms with Crippen molar-refractivity contribution in [3.05, 3.63) is 71.0 Å². The number of thiophene rings is 1. The fraction of sp³-hybridized carbons (Fsp3) is 0.143. The number of benzene rings is 2. The van der Waals surface area contributed by atoms with E-state index in [9.17, 15) is 9.18 Å². The molecule has 0 aliphatic heterocycles. The van der Waals surface area contributed by atoms with E-state index >= 15 is 0 Å². The molecule has 0 aliphatic carbocycles. The molecule has 0 bridgehead atoms. The van der Waals surface area contributed by atoms with Gasteiger partial charge in [-0.25, -0.2) is 13.9 Å². The molecule has 0 fully saturated rings. The van der Waals surface area contributed by atoms with Crippen LogP contribution in [0.15, 0.2) is 54.6 Å². The van der Waals surface area contributed by atoms with Crippen LogP contribution in [0.4, 0.5) is 4.39 Å². The Labute approximate surface area is 164 Å². The smallest absolute Gasteiger partial charge is 0.353 e. The third-order valence-electron chi connectivity index (χ3n) is 4.17. The van der Waals surface area contributed by atoms with E-state index in [-0.39, 0.29) is 5.82 Å². The molecule has 28 heavy (non-hydrogen) atoms. The van der Waals surface area contributed by atoms with Crippen LogP contribution in [0.2, 0.25) is 0 Å². The normalized spacial score (nSPS) is 11.0. The summed E-state index contributed by atoms with van der Waals surface area (Å²) >= 11 is 1.28. The average molecular weight is 396 g/mol. The Kier molecular flexibility index (Phi) is 4.83. The van der Waals surface area contributed by atoms with Gasteiger partial charge in [0.1, 0.15) is 15.5 Å². The van der Waals surface area contributed by atoms with Crippen molar-refractivity contribution in [2.75, 3.05) is 6.61 Å². The number of carbonyl (C=O) groups is 1. The quantitative estimate of drug-likeness (QED) is 0.346. The number of nitrogens with zero attached hydrogens (tertiary/aromatic N) is 2. The molecule has 0 N–H and O–H groups in total. The molecule has 0 radical (unpaired) electrons. The molecule has 0 aliphatic rings. The number of para-hydroxylation sites is 2. The van der Waals surface area contributed by atoms with E-state index in [2.05, 4.69) is 5.10 Å². The third-order valence-corrected chi connectivity index (χ3v) is 5.26. The molecule has 5 nitrogen and oxygen atoms in total. The van der Waals surface area contributed by atoms with Gasteiger partial charge < -0.3 is 9.47 Å². The SMILES string of the molecule is CCOc1ccccc1OC(=O)c1cc2c(C)nn(-c3ccc(F)cc3)c2s1. The first-order valence-electron chi connectivity index (χ1n) is 8.76. The number of aromatic nitrogens is 2. The maximum Gasteiger partial charge on any atom is 0.353 e. The number of carbonyl (C=O) groups excluding carboxylic acids is 1. The summed E-state index contributed by atoms with van der Waals surface area (Å²) in [5, 5.41) is 5.37. The van der Waals surface area contributed by atoms with E-state index in [0.29, 0.717) is 23.0 Å². The van der Waals surface area contributed by atoms with E-state index in [1.165, 1.54) is 23.5 Å². The van der Waals surface area contributed by atoms with Crippen molar-refractivity contribution in [1.82, 2.24) is 9.78 Å². The number of hydrogen-bond donors (Lipinski definition) is 0. The van der Waals surface area contributed by atoms with Gasteiger partial charge >= 0.3 is 5.97 Å². The summed E-state index contributed by atoms with van der Waals surface area (Å²) in [5.74, 6) is 0.127. The van der Waals surface area contributed by atoms with Crippen LogP contribution in [0, 0.1) is 12.7 Å². The molecule has 2 aromatic heterocycles. The summed E-state index contributed by atoms with van der Waals surface area (Å²) in [6.45, 7) is 4.22. The van der Waals surface area contributed by atoms with Gasteiger partial charge in [-0.1, -0.05) is 12.1 Å². The minimum atomic E-state index is -0.460. The number of esters is 1. The zero-order chi connectivity index (χ0) is 19.7. The summed E-state index contributed by atoms with van der Waals surface area (Å²) in [6.07, 6.45) is 0. The molecule has 142 valence electrons. The van der Waals surface area contributed by atoms with Crippen LogP contribution in [0.25, 0.3) is 15.9 Å². The topological polar surface area (TPSA) is 53.4 Å². The lowest BCUT2D eigenvalue weighted by Gasteiger charge is -2.09. The maximum absolute atomic E-state index is 13.2. The molecule has 0 atom stereocenters. The number of fused-ring (bicyclic) bond motifs is 1. The molecule has 0 saturated carbocycles. The van der Waals surface area contributed by atoms with Crippen LogP contribution in [0.5, 0.6) is 11.5 Å². The van der Waals surface area contributed by atoms with Crippen molar-refractivity contribution in [1.29, 1.82) is 0 Å². The van der Waals surface area contributed by atoms with Gasteiger partial charge in [0, 0.05) is 5.39 Å². The summed E-state index contributed by atoms with van der Waals surface area (Å²) in [4.78, 5) is 14.0. The number of aryl methyl sites for hydroxylation is 1. The van der Waals surface area contributed by atoms with Crippen molar-refractivity contribution >= 4 is 27.5 Å². The number of ether oxygens (including phenoxy) is 2. The van der Waals surface area contributed by atoms with Crippen molar-refractivity contribution < 1.29 is 18.7 Å². The largest absolute Gasteiger partial charge is 0.490 e. The van der Waals surface area contributed by atoms with Crippen LogP contribution in [-0.2, 0) is 0 Å². The molecule has 0 amide bonds. The Morgan fingerprint density at radius 3 is 2.57 bits per heavy atom. The minimum Gasteiger partial charge on any atom is -0.490 e. The van der Waals surface area contributed by atoms with Crippen LogP contribution in [0.3, 0.4) is 0 Å². The molecule has 0 saturated heterocycles. The van der Waals surface area contributed by atoms with Crippen LogP contribution < -0.4 is 9.47 Å². The van der Waals surface area contributed by atoms with Crippen molar-refractivity contribution in [2.45, 2.75) is 13.8 Å². The van der Waals surface area contributed by atoms with Gasteiger partial charge in [0.2, 0.25) is 0 Å². The van der Waals surface area contributed by atoms with Gasteiger partial charge in [-0.15, -0.1) is 11.3 Å². The molecule has 0 spiro atoms. The molecular formula is C21H17FN2O3S. The van der Waals surface area contributed by atoms with Gasteiger partial charge in [0.15, 0.2) is 11.5 Å². The van der Waals surface area contributed by atoms with Crippen LogP contribution >= 0.6 is 11.3 Å². The second kappa shape index (κ2) is 7.44. The first kappa shape index (κ1) is 18.2. The average Bonchev–Trinajstić information content (AvgIpc) is 3.25. The van der Waals surface area contributed by atoms with Gasteiger partial charge in [0.05, 0.1) is 18.0 Å². The number of hydrogen-bond acceptors (Lipinski definition) is 5. The highest BCUT2D eigenvalue weighted by Gasteiger charge is 2.19. The Balaban J connectivity index is 1.68. The fourth-order valence-electron chi connectivity index (χ4n) is 2.86. The second-order valence-electron chi connectivity index (χ2n) is 6.07. The zero-order valence-corrected chi connectivity index (χ0v) is 16.1. The molecule has 2 aromatic carbocycles. The number of halogens is 1. The van der Waals surface area contributed by atoms with E-state index in [4.69, 9.17) is 9.47 Å². The first-order valence-corrected chi connectivity index (χ1v) is 9.57. The molecule has 0 unspecified atom stereocenters. The molecule has 2 heterocycles. The first-order chi connectivity index (χ1) is 13.6. The van der Waals surface area contributed by atoms with Crippen molar-refractivity contribution in [2.24, 2.45) is 0 Å².